The minimum absolute atomic E-state index is 0.0747. The average Bonchev–Trinajstić information content (AvgIpc) is 2.46. The molecule has 0 aliphatic carbocycles. The zero-order valence-electron chi connectivity index (χ0n) is 10.9. The van der Waals surface area contributed by atoms with Gasteiger partial charge in [0.25, 0.3) is 0 Å². The SMILES string of the molecule is CC(SCc1ccccc1)C(N)c1ccc(F)cc1. The van der Waals surface area contributed by atoms with Gasteiger partial charge >= 0.3 is 0 Å². The number of halogens is 1. The van der Waals surface area contributed by atoms with E-state index < -0.39 is 0 Å². The number of rotatable bonds is 5. The van der Waals surface area contributed by atoms with Gasteiger partial charge in [0.2, 0.25) is 0 Å². The summed E-state index contributed by atoms with van der Waals surface area (Å²) in [5, 5.41) is 0.283. The molecule has 2 atom stereocenters. The van der Waals surface area contributed by atoms with E-state index in [1.165, 1.54) is 17.7 Å². The largest absolute Gasteiger partial charge is 0.323 e. The Labute approximate surface area is 118 Å². The van der Waals surface area contributed by atoms with E-state index in [1.807, 2.05) is 30.0 Å². The maximum atomic E-state index is 12.9. The molecule has 2 aromatic rings. The molecule has 2 aromatic carbocycles. The van der Waals surface area contributed by atoms with E-state index in [-0.39, 0.29) is 17.1 Å². The average molecular weight is 275 g/mol. The molecule has 2 unspecified atom stereocenters. The molecule has 2 N–H and O–H groups in total. The highest BCUT2D eigenvalue weighted by Gasteiger charge is 2.15. The Morgan fingerprint density at radius 1 is 1.05 bits per heavy atom. The van der Waals surface area contributed by atoms with Crippen LogP contribution < -0.4 is 5.73 Å². The Balaban J connectivity index is 1.92. The normalized spacial score (nSPS) is 14.1. The van der Waals surface area contributed by atoms with Gasteiger partial charge in [-0.3, -0.25) is 0 Å². The van der Waals surface area contributed by atoms with E-state index in [0.717, 1.165) is 11.3 Å². The van der Waals surface area contributed by atoms with Crippen LogP contribution in [0.3, 0.4) is 0 Å². The van der Waals surface area contributed by atoms with Gasteiger partial charge in [0.1, 0.15) is 5.82 Å². The van der Waals surface area contributed by atoms with Gasteiger partial charge in [-0.1, -0.05) is 49.4 Å². The Morgan fingerprint density at radius 3 is 2.32 bits per heavy atom. The lowest BCUT2D eigenvalue weighted by atomic mass is 10.1. The maximum absolute atomic E-state index is 12.9. The van der Waals surface area contributed by atoms with E-state index in [0.29, 0.717) is 0 Å². The van der Waals surface area contributed by atoms with Crippen molar-refractivity contribution in [2.45, 2.75) is 24.0 Å². The van der Waals surface area contributed by atoms with Crippen molar-refractivity contribution in [2.24, 2.45) is 5.73 Å². The van der Waals surface area contributed by atoms with Crippen LogP contribution in [0.2, 0.25) is 0 Å². The molecule has 0 spiro atoms. The monoisotopic (exact) mass is 275 g/mol. The highest BCUT2D eigenvalue weighted by Crippen LogP contribution is 2.27. The highest BCUT2D eigenvalue weighted by atomic mass is 32.2. The van der Waals surface area contributed by atoms with E-state index in [1.54, 1.807) is 12.1 Å². The van der Waals surface area contributed by atoms with Crippen molar-refractivity contribution in [3.8, 4) is 0 Å². The lowest BCUT2D eigenvalue weighted by molar-refractivity contribution is 0.624. The van der Waals surface area contributed by atoms with Crippen molar-refractivity contribution >= 4 is 11.8 Å². The summed E-state index contributed by atoms with van der Waals surface area (Å²) < 4.78 is 12.9. The minimum Gasteiger partial charge on any atom is -0.323 e. The van der Waals surface area contributed by atoms with Crippen LogP contribution in [0.1, 0.15) is 24.1 Å². The fraction of sp³-hybridized carbons (Fsp3) is 0.250. The molecule has 0 radical (unpaired) electrons. The fourth-order valence-electron chi connectivity index (χ4n) is 1.86. The van der Waals surface area contributed by atoms with Crippen molar-refractivity contribution in [3.05, 3.63) is 71.5 Å². The van der Waals surface area contributed by atoms with Gasteiger partial charge in [0.15, 0.2) is 0 Å². The van der Waals surface area contributed by atoms with Gasteiger partial charge in [-0.15, -0.1) is 0 Å². The van der Waals surface area contributed by atoms with Crippen molar-refractivity contribution < 1.29 is 4.39 Å². The summed E-state index contributed by atoms with van der Waals surface area (Å²) in [6, 6.07) is 16.7. The molecule has 100 valence electrons. The molecule has 0 bridgehead atoms. The predicted molar refractivity (Wildman–Crippen MR) is 80.5 cm³/mol. The molecule has 0 amide bonds. The first kappa shape index (κ1) is 14.1. The lowest BCUT2D eigenvalue weighted by Gasteiger charge is -2.20. The maximum Gasteiger partial charge on any atom is 0.123 e. The molecule has 0 aliphatic rings. The summed E-state index contributed by atoms with van der Waals surface area (Å²) >= 11 is 1.82. The number of nitrogens with two attached hydrogens (primary N) is 1. The number of hydrogen-bond donors (Lipinski definition) is 1. The molecule has 0 saturated carbocycles. The van der Waals surface area contributed by atoms with E-state index in [9.17, 15) is 4.39 Å². The summed E-state index contributed by atoms with van der Waals surface area (Å²) in [5.74, 6) is 0.720. The van der Waals surface area contributed by atoms with Crippen molar-refractivity contribution in [3.63, 3.8) is 0 Å². The Kier molecular flexibility index (Phi) is 5.00. The number of hydrogen-bond acceptors (Lipinski definition) is 2. The van der Waals surface area contributed by atoms with Gasteiger partial charge in [-0.2, -0.15) is 11.8 Å². The summed E-state index contributed by atoms with van der Waals surface area (Å²) in [6.07, 6.45) is 0. The lowest BCUT2D eigenvalue weighted by Crippen LogP contribution is -2.21. The van der Waals surface area contributed by atoms with Crippen LogP contribution in [0.5, 0.6) is 0 Å². The van der Waals surface area contributed by atoms with Crippen LogP contribution in [0.25, 0.3) is 0 Å². The molecular weight excluding hydrogens is 257 g/mol. The van der Waals surface area contributed by atoms with Crippen LogP contribution in [0.4, 0.5) is 4.39 Å². The van der Waals surface area contributed by atoms with Gasteiger partial charge in [-0.25, -0.2) is 4.39 Å². The summed E-state index contributed by atoms with van der Waals surface area (Å²) in [4.78, 5) is 0. The minimum atomic E-state index is -0.222. The van der Waals surface area contributed by atoms with Crippen LogP contribution in [-0.2, 0) is 5.75 Å². The highest BCUT2D eigenvalue weighted by molar-refractivity contribution is 7.99. The zero-order valence-corrected chi connectivity index (χ0v) is 11.7. The number of thioether (sulfide) groups is 1. The standard InChI is InChI=1S/C16H18FNS/c1-12(19-11-13-5-3-2-4-6-13)16(18)14-7-9-15(17)10-8-14/h2-10,12,16H,11,18H2,1H3. The summed E-state index contributed by atoms with van der Waals surface area (Å²) in [7, 11) is 0. The van der Waals surface area contributed by atoms with Crippen LogP contribution in [0, 0.1) is 5.82 Å². The van der Waals surface area contributed by atoms with Gasteiger partial charge in [-0.05, 0) is 23.3 Å². The second-order valence-electron chi connectivity index (χ2n) is 4.58. The van der Waals surface area contributed by atoms with Crippen LogP contribution >= 0.6 is 11.8 Å². The van der Waals surface area contributed by atoms with Gasteiger partial charge in [0.05, 0.1) is 0 Å². The molecule has 0 aromatic heterocycles. The van der Waals surface area contributed by atoms with Crippen molar-refractivity contribution in [1.29, 1.82) is 0 Å². The first-order valence-corrected chi connectivity index (χ1v) is 7.38. The molecule has 1 nitrogen and oxygen atoms in total. The van der Waals surface area contributed by atoms with Gasteiger partial charge in [0, 0.05) is 17.0 Å². The molecule has 19 heavy (non-hydrogen) atoms. The quantitative estimate of drug-likeness (QED) is 0.887. The summed E-state index contributed by atoms with van der Waals surface area (Å²) in [5.41, 5.74) is 8.49. The Bertz CT molecular complexity index is 498. The topological polar surface area (TPSA) is 26.0 Å². The number of benzene rings is 2. The third kappa shape index (κ3) is 4.08. The van der Waals surface area contributed by atoms with Crippen LogP contribution in [0.15, 0.2) is 54.6 Å². The molecule has 2 rings (SSSR count). The zero-order chi connectivity index (χ0) is 13.7. The van der Waals surface area contributed by atoms with Gasteiger partial charge < -0.3 is 5.73 Å². The molecule has 3 heteroatoms. The first-order valence-electron chi connectivity index (χ1n) is 6.33. The van der Waals surface area contributed by atoms with Crippen molar-refractivity contribution in [1.82, 2.24) is 0 Å². The van der Waals surface area contributed by atoms with E-state index >= 15 is 0 Å². The third-order valence-corrected chi connectivity index (χ3v) is 4.44. The molecule has 0 fully saturated rings. The third-order valence-electron chi connectivity index (χ3n) is 3.12. The summed E-state index contributed by atoms with van der Waals surface area (Å²) in [6.45, 7) is 2.11. The van der Waals surface area contributed by atoms with E-state index in [2.05, 4.69) is 19.1 Å². The molecule has 0 saturated heterocycles. The first-order chi connectivity index (χ1) is 9.16. The predicted octanol–water partition coefficient (Wildman–Crippen LogP) is 4.15. The van der Waals surface area contributed by atoms with Crippen molar-refractivity contribution in [2.75, 3.05) is 0 Å². The molecule has 0 aliphatic heterocycles. The second-order valence-corrected chi connectivity index (χ2v) is 5.94. The molecule has 0 heterocycles. The smallest absolute Gasteiger partial charge is 0.123 e. The van der Waals surface area contributed by atoms with Crippen LogP contribution in [-0.4, -0.2) is 5.25 Å². The molecular formula is C16H18FNS. The van der Waals surface area contributed by atoms with E-state index in [4.69, 9.17) is 5.73 Å². The Hall–Kier alpha value is -1.32. The second kappa shape index (κ2) is 6.73. The fourth-order valence-corrected chi connectivity index (χ4v) is 2.87. The Morgan fingerprint density at radius 2 is 1.68 bits per heavy atom.